The fourth-order valence-corrected chi connectivity index (χ4v) is 3.90. The Morgan fingerprint density at radius 3 is 2.79 bits per heavy atom. The van der Waals surface area contributed by atoms with Crippen LogP contribution in [-0.2, 0) is 24.2 Å². The topological polar surface area (TPSA) is 78.1 Å². The Morgan fingerprint density at radius 1 is 1.11 bits per heavy atom. The number of rotatable bonds is 7. The van der Waals surface area contributed by atoms with Crippen molar-refractivity contribution in [2.75, 3.05) is 0 Å². The van der Waals surface area contributed by atoms with Gasteiger partial charge in [-0.15, -0.1) is 11.3 Å². The molecule has 0 aliphatic heterocycles. The Bertz CT molecular complexity index is 1070. The smallest absolute Gasteiger partial charge is 0.338 e. The third-order valence-corrected chi connectivity index (χ3v) is 5.26. The lowest BCUT2D eigenvalue weighted by Gasteiger charge is -2.07. The lowest BCUT2D eigenvalue weighted by atomic mass is 10.1. The number of fused-ring (bicyclic) bond motifs is 1. The highest BCUT2D eigenvalue weighted by atomic mass is 32.1. The van der Waals surface area contributed by atoms with E-state index in [0.29, 0.717) is 23.7 Å². The van der Waals surface area contributed by atoms with Crippen LogP contribution < -0.4 is 0 Å². The summed E-state index contributed by atoms with van der Waals surface area (Å²) >= 11 is 1.63. The van der Waals surface area contributed by atoms with Crippen molar-refractivity contribution < 1.29 is 14.1 Å². The number of ether oxygens (including phenoxy) is 1. The average molecular weight is 393 g/mol. The largest absolute Gasteiger partial charge is 0.452 e. The summed E-state index contributed by atoms with van der Waals surface area (Å²) in [5.74, 6) is 0.525. The lowest BCUT2D eigenvalue weighted by molar-refractivity contribution is 0.0428. The summed E-state index contributed by atoms with van der Waals surface area (Å²) in [5, 5.41) is 4.83. The molecule has 0 aliphatic rings. The van der Waals surface area contributed by atoms with E-state index in [1.807, 2.05) is 49.4 Å². The summed E-state index contributed by atoms with van der Waals surface area (Å²) in [6.45, 7) is 2.00. The number of esters is 1. The number of carbonyl (C=O) groups is 1. The molecule has 0 aliphatic carbocycles. The van der Waals surface area contributed by atoms with Crippen molar-refractivity contribution in [1.82, 2.24) is 15.1 Å². The van der Waals surface area contributed by atoms with Gasteiger partial charge in [-0.05, 0) is 30.2 Å². The second-order valence-corrected chi connectivity index (χ2v) is 7.45. The highest BCUT2D eigenvalue weighted by Crippen LogP contribution is 2.25. The van der Waals surface area contributed by atoms with E-state index in [9.17, 15) is 4.79 Å². The second kappa shape index (κ2) is 8.31. The van der Waals surface area contributed by atoms with Crippen molar-refractivity contribution >= 4 is 27.5 Å². The van der Waals surface area contributed by atoms with Crippen molar-refractivity contribution in [2.45, 2.75) is 32.8 Å². The molecule has 2 aromatic carbocycles. The van der Waals surface area contributed by atoms with Crippen LogP contribution in [0.3, 0.4) is 0 Å². The first-order valence-corrected chi connectivity index (χ1v) is 9.95. The maximum Gasteiger partial charge on any atom is 0.338 e. The van der Waals surface area contributed by atoms with Gasteiger partial charge in [0.25, 0.3) is 5.89 Å². The number of aryl methyl sites for hydroxylation is 1. The van der Waals surface area contributed by atoms with Crippen LogP contribution >= 0.6 is 11.3 Å². The van der Waals surface area contributed by atoms with Gasteiger partial charge in [0.2, 0.25) is 0 Å². The molecule has 0 radical (unpaired) electrons. The normalized spacial score (nSPS) is 11.0. The van der Waals surface area contributed by atoms with Crippen LogP contribution in [0, 0.1) is 0 Å². The maximum absolute atomic E-state index is 12.6. The van der Waals surface area contributed by atoms with Crippen LogP contribution in [-0.4, -0.2) is 21.1 Å². The molecule has 0 fully saturated rings. The van der Waals surface area contributed by atoms with E-state index in [1.54, 1.807) is 17.4 Å². The summed E-state index contributed by atoms with van der Waals surface area (Å²) in [5.41, 5.74) is 2.38. The molecule has 4 aromatic rings. The molecule has 6 nitrogen and oxygen atoms in total. The van der Waals surface area contributed by atoms with Gasteiger partial charge in [0.05, 0.1) is 20.8 Å². The molecular formula is C21H19N3O3S. The van der Waals surface area contributed by atoms with Crippen molar-refractivity contribution in [3.8, 4) is 0 Å². The SMILES string of the molecule is CCCc1noc(COC(=O)c2ccccc2Cc2nc3ccccc3s2)n1. The Morgan fingerprint density at radius 2 is 1.93 bits per heavy atom. The number of carbonyl (C=O) groups excluding carboxylic acids is 1. The molecule has 0 bridgehead atoms. The van der Waals surface area contributed by atoms with Gasteiger partial charge in [-0.2, -0.15) is 4.98 Å². The van der Waals surface area contributed by atoms with E-state index in [-0.39, 0.29) is 6.61 Å². The Labute approximate surface area is 166 Å². The van der Waals surface area contributed by atoms with Crippen LogP contribution in [0.5, 0.6) is 0 Å². The minimum Gasteiger partial charge on any atom is -0.452 e. The van der Waals surface area contributed by atoms with Gasteiger partial charge in [-0.1, -0.05) is 42.4 Å². The van der Waals surface area contributed by atoms with Gasteiger partial charge in [0.1, 0.15) is 0 Å². The average Bonchev–Trinajstić information content (AvgIpc) is 3.33. The molecule has 28 heavy (non-hydrogen) atoms. The number of hydrogen-bond donors (Lipinski definition) is 0. The van der Waals surface area contributed by atoms with Crippen LogP contribution in [0.25, 0.3) is 10.2 Å². The second-order valence-electron chi connectivity index (χ2n) is 6.34. The number of aromatic nitrogens is 3. The number of hydrogen-bond acceptors (Lipinski definition) is 7. The minimum absolute atomic E-state index is 0.0367. The number of para-hydroxylation sites is 1. The van der Waals surface area contributed by atoms with Gasteiger partial charge in [0, 0.05) is 12.8 Å². The molecule has 2 heterocycles. The van der Waals surface area contributed by atoms with Gasteiger partial charge in [-0.3, -0.25) is 0 Å². The van der Waals surface area contributed by atoms with E-state index in [1.165, 1.54) is 0 Å². The number of benzene rings is 2. The van der Waals surface area contributed by atoms with Gasteiger partial charge in [-0.25, -0.2) is 9.78 Å². The zero-order valence-electron chi connectivity index (χ0n) is 15.4. The molecule has 7 heteroatoms. The fourth-order valence-electron chi connectivity index (χ4n) is 2.91. The molecule has 0 unspecified atom stereocenters. The summed E-state index contributed by atoms with van der Waals surface area (Å²) in [6.07, 6.45) is 2.24. The first-order valence-electron chi connectivity index (χ1n) is 9.14. The zero-order valence-corrected chi connectivity index (χ0v) is 16.2. The van der Waals surface area contributed by atoms with Crippen LogP contribution in [0.15, 0.2) is 53.1 Å². The molecule has 0 spiro atoms. The van der Waals surface area contributed by atoms with Gasteiger partial charge >= 0.3 is 5.97 Å². The van der Waals surface area contributed by atoms with Gasteiger partial charge in [0.15, 0.2) is 12.4 Å². The van der Waals surface area contributed by atoms with E-state index >= 15 is 0 Å². The zero-order chi connectivity index (χ0) is 19.3. The molecular weight excluding hydrogens is 374 g/mol. The molecule has 4 rings (SSSR count). The molecule has 0 saturated carbocycles. The Balaban J connectivity index is 1.47. The highest BCUT2D eigenvalue weighted by molar-refractivity contribution is 7.18. The lowest BCUT2D eigenvalue weighted by Crippen LogP contribution is -2.09. The molecule has 0 N–H and O–H groups in total. The van der Waals surface area contributed by atoms with Crippen molar-refractivity contribution in [3.05, 3.63) is 76.4 Å². The maximum atomic E-state index is 12.6. The van der Waals surface area contributed by atoms with E-state index in [0.717, 1.165) is 33.6 Å². The number of thiazole rings is 1. The predicted octanol–water partition coefficient (Wildman–Crippen LogP) is 4.58. The quantitative estimate of drug-likeness (QED) is 0.428. The van der Waals surface area contributed by atoms with Crippen LogP contribution in [0.1, 0.15) is 46.0 Å². The van der Waals surface area contributed by atoms with Crippen molar-refractivity contribution in [2.24, 2.45) is 0 Å². The molecule has 0 amide bonds. The van der Waals surface area contributed by atoms with E-state index < -0.39 is 5.97 Å². The third-order valence-electron chi connectivity index (χ3n) is 4.23. The molecule has 2 aromatic heterocycles. The standard InChI is InChI=1S/C21H19N3O3S/c1-2-7-18-23-19(27-24-18)13-26-21(25)15-9-4-3-8-14(15)12-20-22-16-10-5-6-11-17(16)28-20/h3-6,8-11H,2,7,12-13H2,1H3. The summed E-state index contributed by atoms with van der Waals surface area (Å²) < 4.78 is 11.6. The first-order chi connectivity index (χ1) is 13.7. The Hall–Kier alpha value is -3.06. The Kier molecular flexibility index (Phi) is 5.43. The van der Waals surface area contributed by atoms with Crippen molar-refractivity contribution in [1.29, 1.82) is 0 Å². The molecule has 142 valence electrons. The molecule has 0 atom stereocenters. The summed E-state index contributed by atoms with van der Waals surface area (Å²) in [7, 11) is 0. The minimum atomic E-state index is -0.410. The van der Waals surface area contributed by atoms with E-state index in [4.69, 9.17) is 9.26 Å². The van der Waals surface area contributed by atoms with Gasteiger partial charge < -0.3 is 9.26 Å². The highest BCUT2D eigenvalue weighted by Gasteiger charge is 2.16. The summed E-state index contributed by atoms with van der Waals surface area (Å²) in [4.78, 5) is 21.5. The van der Waals surface area contributed by atoms with Crippen LogP contribution in [0.4, 0.5) is 0 Å². The van der Waals surface area contributed by atoms with Crippen LogP contribution in [0.2, 0.25) is 0 Å². The third kappa shape index (κ3) is 4.09. The molecule has 0 saturated heterocycles. The van der Waals surface area contributed by atoms with E-state index in [2.05, 4.69) is 15.1 Å². The monoisotopic (exact) mass is 393 g/mol. The fraction of sp³-hybridized carbons (Fsp3) is 0.238. The number of nitrogens with zero attached hydrogens (tertiary/aromatic N) is 3. The summed E-state index contributed by atoms with van der Waals surface area (Å²) in [6, 6.07) is 15.4. The first kappa shape index (κ1) is 18.3. The van der Waals surface area contributed by atoms with Crippen molar-refractivity contribution in [3.63, 3.8) is 0 Å². The predicted molar refractivity (Wildman–Crippen MR) is 106 cm³/mol.